The number of hydrogen-bond donors (Lipinski definition) is 0. The lowest BCUT2D eigenvalue weighted by Gasteiger charge is -2.10. The third-order valence-corrected chi connectivity index (χ3v) is 5.02. The van der Waals surface area contributed by atoms with Crippen LogP contribution < -0.4 is 5.56 Å². The summed E-state index contributed by atoms with van der Waals surface area (Å²) in [6.45, 7) is 0. The van der Waals surface area contributed by atoms with E-state index in [1.54, 1.807) is 42.5 Å². The highest BCUT2D eigenvalue weighted by molar-refractivity contribution is 7.90. The molecule has 8 heteroatoms. The van der Waals surface area contributed by atoms with Crippen molar-refractivity contribution >= 4 is 15.5 Å². The van der Waals surface area contributed by atoms with Crippen LogP contribution in [0, 0.1) is 10.1 Å². The summed E-state index contributed by atoms with van der Waals surface area (Å²) in [4.78, 5) is 22.6. The maximum atomic E-state index is 12.2. The number of nitrogens with zero attached hydrogens (tertiary/aromatic N) is 2. The molecule has 0 spiro atoms. The molecule has 0 N–H and O–H groups in total. The molecule has 0 bridgehead atoms. The molecule has 0 saturated heterocycles. The lowest BCUT2D eigenvalue weighted by Crippen LogP contribution is -2.20. The minimum absolute atomic E-state index is 0.209. The second-order valence-electron chi connectivity index (χ2n) is 5.64. The number of rotatable bonds is 4. The summed E-state index contributed by atoms with van der Waals surface area (Å²) < 4.78 is 25.1. The van der Waals surface area contributed by atoms with E-state index >= 15 is 0 Å². The zero-order valence-electron chi connectivity index (χ0n) is 13.7. The van der Waals surface area contributed by atoms with Gasteiger partial charge in [-0.1, -0.05) is 30.3 Å². The number of benzene rings is 2. The second kappa shape index (κ2) is 6.57. The number of pyridine rings is 1. The fraction of sp³-hybridized carbons (Fsp3) is 0.0556. The highest BCUT2D eigenvalue weighted by atomic mass is 32.2. The molecule has 26 heavy (non-hydrogen) atoms. The quantitative estimate of drug-likeness (QED) is 0.519. The average molecular weight is 370 g/mol. The van der Waals surface area contributed by atoms with Crippen LogP contribution in [-0.4, -0.2) is 24.2 Å². The van der Waals surface area contributed by atoms with Gasteiger partial charge in [0.15, 0.2) is 9.84 Å². The highest BCUT2D eigenvalue weighted by Gasteiger charge is 2.16. The lowest BCUT2D eigenvalue weighted by molar-refractivity contribution is -0.386. The Morgan fingerprint density at radius 3 is 2.23 bits per heavy atom. The molecule has 0 saturated carbocycles. The van der Waals surface area contributed by atoms with Gasteiger partial charge in [0.1, 0.15) is 0 Å². The van der Waals surface area contributed by atoms with E-state index in [4.69, 9.17) is 0 Å². The zero-order valence-corrected chi connectivity index (χ0v) is 14.5. The third kappa shape index (κ3) is 3.27. The number of hydrogen-bond acceptors (Lipinski definition) is 5. The molecule has 0 aliphatic rings. The Morgan fingerprint density at radius 2 is 1.62 bits per heavy atom. The molecule has 3 aromatic rings. The van der Waals surface area contributed by atoms with Crippen molar-refractivity contribution in [3.8, 4) is 16.8 Å². The molecule has 2 aromatic carbocycles. The highest BCUT2D eigenvalue weighted by Crippen LogP contribution is 2.27. The van der Waals surface area contributed by atoms with E-state index in [1.807, 2.05) is 0 Å². The first kappa shape index (κ1) is 17.6. The molecule has 0 radical (unpaired) electrons. The van der Waals surface area contributed by atoms with Gasteiger partial charge in [0, 0.05) is 29.8 Å². The second-order valence-corrected chi connectivity index (χ2v) is 7.63. The van der Waals surface area contributed by atoms with Crippen molar-refractivity contribution < 1.29 is 13.3 Å². The van der Waals surface area contributed by atoms with Crippen LogP contribution in [0.1, 0.15) is 0 Å². The summed E-state index contributed by atoms with van der Waals surface area (Å²) in [6, 6.07) is 15.8. The van der Waals surface area contributed by atoms with Gasteiger partial charge in [-0.25, -0.2) is 8.42 Å². The number of aromatic nitrogens is 1. The van der Waals surface area contributed by atoms with Gasteiger partial charge in [0.25, 0.3) is 0 Å². The van der Waals surface area contributed by atoms with Crippen LogP contribution in [0.15, 0.2) is 76.6 Å². The predicted molar refractivity (Wildman–Crippen MR) is 97.2 cm³/mol. The SMILES string of the molecule is CS(=O)(=O)c1ccccc1-c1ccc(-n2cccc([N+](=O)[O-])c2=O)cc1. The van der Waals surface area contributed by atoms with Crippen LogP contribution in [-0.2, 0) is 9.84 Å². The zero-order chi connectivity index (χ0) is 18.9. The van der Waals surface area contributed by atoms with E-state index in [1.165, 1.54) is 22.9 Å². The van der Waals surface area contributed by atoms with E-state index in [0.29, 0.717) is 16.8 Å². The van der Waals surface area contributed by atoms with Crippen molar-refractivity contribution in [2.24, 2.45) is 0 Å². The largest absolute Gasteiger partial charge is 0.334 e. The molecule has 0 fully saturated rings. The number of nitro groups is 1. The smallest absolute Gasteiger partial charge is 0.278 e. The fourth-order valence-electron chi connectivity index (χ4n) is 2.65. The Hall–Kier alpha value is -3.26. The Bertz CT molecular complexity index is 1150. The summed E-state index contributed by atoms with van der Waals surface area (Å²) in [7, 11) is -3.40. The van der Waals surface area contributed by atoms with Gasteiger partial charge in [-0.05, 0) is 29.8 Å². The molecule has 1 aromatic heterocycles. The molecular weight excluding hydrogens is 356 g/mol. The number of sulfone groups is 1. The molecular formula is C18H14N2O5S. The Labute approximate surface area is 149 Å². The molecule has 0 atom stereocenters. The van der Waals surface area contributed by atoms with Gasteiger partial charge >= 0.3 is 11.2 Å². The van der Waals surface area contributed by atoms with Crippen LogP contribution in [0.2, 0.25) is 0 Å². The van der Waals surface area contributed by atoms with Crippen LogP contribution in [0.4, 0.5) is 5.69 Å². The predicted octanol–water partition coefficient (Wildman–Crippen LogP) is 2.82. The Balaban J connectivity index is 2.09. The van der Waals surface area contributed by atoms with Crippen molar-refractivity contribution in [3.63, 3.8) is 0 Å². The first-order chi connectivity index (χ1) is 12.3. The minimum Gasteiger partial charge on any atom is -0.278 e. The molecule has 0 aliphatic carbocycles. The van der Waals surface area contributed by atoms with Crippen molar-refractivity contribution in [1.29, 1.82) is 0 Å². The molecule has 0 aliphatic heterocycles. The van der Waals surface area contributed by atoms with E-state index in [0.717, 1.165) is 12.3 Å². The third-order valence-electron chi connectivity index (χ3n) is 3.87. The maximum Gasteiger partial charge on any atom is 0.334 e. The standard InChI is InChI=1S/C18H14N2O5S/c1-26(24,25)17-7-3-2-5-15(17)13-8-10-14(11-9-13)19-12-4-6-16(18(19)21)20(22)23/h2-12H,1H3. The van der Waals surface area contributed by atoms with Gasteiger partial charge in [0.2, 0.25) is 0 Å². The van der Waals surface area contributed by atoms with Crippen molar-refractivity contribution in [1.82, 2.24) is 4.57 Å². The van der Waals surface area contributed by atoms with Crippen molar-refractivity contribution in [3.05, 3.63) is 87.3 Å². The van der Waals surface area contributed by atoms with E-state index in [2.05, 4.69) is 0 Å². The Kier molecular flexibility index (Phi) is 4.43. The van der Waals surface area contributed by atoms with Crippen LogP contribution in [0.3, 0.4) is 0 Å². The summed E-state index contributed by atoms with van der Waals surface area (Å²) in [5.74, 6) is 0. The van der Waals surface area contributed by atoms with Gasteiger partial charge in [-0.2, -0.15) is 0 Å². The fourth-order valence-corrected chi connectivity index (χ4v) is 3.57. The summed E-state index contributed by atoms with van der Waals surface area (Å²) in [5.41, 5.74) is 0.404. The molecule has 3 rings (SSSR count). The molecule has 132 valence electrons. The van der Waals surface area contributed by atoms with Gasteiger partial charge in [-0.3, -0.25) is 19.5 Å². The molecule has 1 heterocycles. The monoisotopic (exact) mass is 370 g/mol. The van der Waals surface area contributed by atoms with Gasteiger partial charge < -0.3 is 0 Å². The lowest BCUT2D eigenvalue weighted by atomic mass is 10.1. The normalized spacial score (nSPS) is 11.3. The first-order valence-electron chi connectivity index (χ1n) is 7.55. The summed E-state index contributed by atoms with van der Waals surface area (Å²) >= 11 is 0. The minimum atomic E-state index is -3.40. The van der Waals surface area contributed by atoms with Crippen molar-refractivity contribution in [2.75, 3.05) is 6.26 Å². The van der Waals surface area contributed by atoms with E-state index < -0.39 is 26.0 Å². The van der Waals surface area contributed by atoms with Crippen LogP contribution >= 0.6 is 0 Å². The first-order valence-corrected chi connectivity index (χ1v) is 9.44. The molecule has 7 nitrogen and oxygen atoms in total. The topological polar surface area (TPSA) is 99.3 Å². The Morgan fingerprint density at radius 1 is 0.962 bits per heavy atom. The maximum absolute atomic E-state index is 12.2. The van der Waals surface area contributed by atoms with Gasteiger partial charge in [-0.15, -0.1) is 0 Å². The van der Waals surface area contributed by atoms with Crippen LogP contribution in [0.5, 0.6) is 0 Å². The molecule has 0 amide bonds. The van der Waals surface area contributed by atoms with Crippen molar-refractivity contribution in [2.45, 2.75) is 4.90 Å². The summed E-state index contributed by atoms with van der Waals surface area (Å²) in [6.07, 6.45) is 2.58. The molecule has 0 unspecified atom stereocenters. The van der Waals surface area contributed by atoms with Gasteiger partial charge in [0.05, 0.1) is 9.82 Å². The van der Waals surface area contributed by atoms with E-state index in [-0.39, 0.29) is 4.90 Å². The average Bonchev–Trinajstić information content (AvgIpc) is 2.61. The van der Waals surface area contributed by atoms with E-state index in [9.17, 15) is 23.3 Å². The van der Waals surface area contributed by atoms with Crippen LogP contribution in [0.25, 0.3) is 16.8 Å². The summed E-state index contributed by atoms with van der Waals surface area (Å²) in [5, 5.41) is 10.9.